The van der Waals surface area contributed by atoms with Gasteiger partial charge in [-0.3, -0.25) is 14.0 Å². The number of nitrogens with zero attached hydrogens (tertiary/aromatic N) is 6. The molecular formula is C9H13N7O2. The van der Waals surface area contributed by atoms with Gasteiger partial charge in [0.15, 0.2) is 0 Å². The van der Waals surface area contributed by atoms with Gasteiger partial charge in [0.1, 0.15) is 0 Å². The maximum absolute atomic E-state index is 11.7. The second-order valence-electron chi connectivity index (χ2n) is 3.71. The predicted molar refractivity (Wildman–Crippen MR) is 63.2 cm³/mol. The van der Waals surface area contributed by atoms with E-state index in [1.165, 1.54) is 14.1 Å². The van der Waals surface area contributed by atoms with Gasteiger partial charge in [0.05, 0.1) is 12.7 Å². The number of aromatic nitrogens is 6. The minimum Gasteiger partial charge on any atom is -0.362 e. The Bertz CT molecular complexity index is 640. The lowest BCUT2D eigenvalue weighted by molar-refractivity contribution is 0.589. The zero-order chi connectivity index (χ0) is 13.1. The van der Waals surface area contributed by atoms with Crippen molar-refractivity contribution in [2.75, 3.05) is 11.9 Å². The van der Waals surface area contributed by atoms with Crippen molar-refractivity contribution in [2.45, 2.75) is 6.54 Å². The molecule has 9 nitrogen and oxygen atoms in total. The third-order valence-corrected chi connectivity index (χ3v) is 2.43. The first-order chi connectivity index (χ1) is 8.59. The fourth-order valence-corrected chi connectivity index (χ4v) is 1.45. The Hall–Kier alpha value is -2.45. The van der Waals surface area contributed by atoms with E-state index in [0.717, 1.165) is 9.25 Å². The highest BCUT2D eigenvalue weighted by molar-refractivity contribution is 5.29. The summed E-state index contributed by atoms with van der Waals surface area (Å²) in [6, 6.07) is 0. The Labute approximate surface area is 102 Å². The van der Waals surface area contributed by atoms with E-state index in [2.05, 4.69) is 20.7 Å². The fraction of sp³-hybridized carbons (Fsp3) is 0.444. The van der Waals surface area contributed by atoms with Crippen LogP contribution in [0.5, 0.6) is 0 Å². The Kier molecular flexibility index (Phi) is 3.22. The molecule has 0 amide bonds. The molecule has 9 heteroatoms. The molecule has 96 valence electrons. The van der Waals surface area contributed by atoms with E-state index in [9.17, 15) is 9.59 Å². The van der Waals surface area contributed by atoms with Gasteiger partial charge in [-0.2, -0.15) is 0 Å². The van der Waals surface area contributed by atoms with Crippen molar-refractivity contribution >= 4 is 5.82 Å². The summed E-state index contributed by atoms with van der Waals surface area (Å²) < 4.78 is 3.74. The molecule has 0 atom stereocenters. The second kappa shape index (κ2) is 4.82. The van der Waals surface area contributed by atoms with E-state index >= 15 is 0 Å². The molecule has 0 saturated heterocycles. The van der Waals surface area contributed by atoms with Crippen LogP contribution >= 0.6 is 0 Å². The van der Waals surface area contributed by atoms with E-state index in [4.69, 9.17) is 0 Å². The van der Waals surface area contributed by atoms with Crippen molar-refractivity contribution in [1.82, 2.24) is 29.3 Å². The summed E-state index contributed by atoms with van der Waals surface area (Å²) in [5.41, 5.74) is -0.904. The maximum atomic E-state index is 11.7. The molecule has 0 spiro atoms. The lowest BCUT2D eigenvalue weighted by atomic mass is 10.5. The van der Waals surface area contributed by atoms with E-state index < -0.39 is 11.2 Å². The van der Waals surface area contributed by atoms with Crippen LogP contribution in [0, 0.1) is 0 Å². The van der Waals surface area contributed by atoms with Crippen molar-refractivity contribution in [3.8, 4) is 0 Å². The third kappa shape index (κ3) is 2.29. The van der Waals surface area contributed by atoms with Crippen LogP contribution in [0.2, 0.25) is 0 Å². The van der Waals surface area contributed by atoms with E-state index in [1.807, 2.05) is 0 Å². The molecule has 0 radical (unpaired) electrons. The lowest BCUT2D eigenvalue weighted by Crippen LogP contribution is -2.40. The van der Waals surface area contributed by atoms with E-state index in [0.29, 0.717) is 13.1 Å². The molecule has 2 aromatic heterocycles. The zero-order valence-electron chi connectivity index (χ0n) is 10.1. The minimum atomic E-state index is -0.457. The molecule has 2 aromatic rings. The van der Waals surface area contributed by atoms with Gasteiger partial charge >= 0.3 is 5.69 Å². The fourth-order valence-electron chi connectivity index (χ4n) is 1.45. The van der Waals surface area contributed by atoms with Crippen LogP contribution < -0.4 is 16.6 Å². The van der Waals surface area contributed by atoms with Crippen molar-refractivity contribution in [3.63, 3.8) is 0 Å². The van der Waals surface area contributed by atoms with Gasteiger partial charge in [-0.25, -0.2) is 9.48 Å². The lowest BCUT2D eigenvalue weighted by Gasteiger charge is -2.07. The number of hydrogen-bond donors (Lipinski definition) is 1. The van der Waals surface area contributed by atoms with Gasteiger partial charge in [-0.05, 0) is 0 Å². The van der Waals surface area contributed by atoms with Crippen LogP contribution in [0.15, 0.2) is 22.0 Å². The molecule has 2 rings (SSSR count). The number of hydrogen-bond acceptors (Lipinski definition) is 6. The molecule has 2 heterocycles. The maximum Gasteiger partial charge on any atom is 0.346 e. The second-order valence-corrected chi connectivity index (χ2v) is 3.71. The van der Waals surface area contributed by atoms with Crippen molar-refractivity contribution < 1.29 is 0 Å². The summed E-state index contributed by atoms with van der Waals surface area (Å²) in [4.78, 5) is 23.1. The van der Waals surface area contributed by atoms with Crippen LogP contribution in [0.4, 0.5) is 5.82 Å². The first-order valence-corrected chi connectivity index (χ1v) is 5.32. The standard InChI is InChI=1S/C9H13N7O2/c1-14-8(17)7(12-15(2)9(14)18)10-3-5-16-6-4-11-13-16/h4,6H,3,5H2,1-2H3,(H,10,12). The number of nitrogens with one attached hydrogen (secondary N) is 1. The first-order valence-electron chi connectivity index (χ1n) is 5.32. The predicted octanol–water partition coefficient (Wildman–Crippen LogP) is -1.82. The van der Waals surface area contributed by atoms with Crippen LogP contribution in [0.3, 0.4) is 0 Å². The average molecular weight is 251 g/mol. The number of rotatable bonds is 4. The quantitative estimate of drug-likeness (QED) is 0.687. The van der Waals surface area contributed by atoms with Crippen LogP contribution in [-0.2, 0) is 20.6 Å². The molecule has 0 fully saturated rings. The Morgan fingerprint density at radius 1 is 1.33 bits per heavy atom. The van der Waals surface area contributed by atoms with Crippen LogP contribution in [0.1, 0.15) is 0 Å². The minimum absolute atomic E-state index is 0.139. The van der Waals surface area contributed by atoms with Gasteiger partial charge in [0.25, 0.3) is 5.56 Å². The highest BCUT2D eigenvalue weighted by Gasteiger charge is 2.07. The SMILES string of the molecule is Cn1nc(NCCn2ccnn2)c(=O)n(C)c1=O. The molecule has 0 aliphatic heterocycles. The highest BCUT2D eigenvalue weighted by Crippen LogP contribution is 1.89. The van der Waals surface area contributed by atoms with E-state index in [-0.39, 0.29) is 5.82 Å². The van der Waals surface area contributed by atoms with Crippen molar-refractivity contribution in [2.24, 2.45) is 14.1 Å². The number of anilines is 1. The average Bonchev–Trinajstić information content (AvgIpc) is 2.86. The van der Waals surface area contributed by atoms with Gasteiger partial charge in [-0.15, -0.1) is 10.2 Å². The van der Waals surface area contributed by atoms with Gasteiger partial charge in [0, 0.05) is 26.8 Å². The third-order valence-electron chi connectivity index (χ3n) is 2.43. The zero-order valence-corrected chi connectivity index (χ0v) is 10.1. The summed E-state index contributed by atoms with van der Waals surface area (Å²) in [5, 5.41) is 14.2. The Morgan fingerprint density at radius 2 is 2.11 bits per heavy atom. The normalized spacial score (nSPS) is 10.6. The number of aryl methyl sites for hydroxylation is 1. The summed E-state index contributed by atoms with van der Waals surface area (Å²) >= 11 is 0. The largest absolute Gasteiger partial charge is 0.362 e. The molecule has 18 heavy (non-hydrogen) atoms. The summed E-state index contributed by atoms with van der Waals surface area (Å²) in [5.74, 6) is 0.139. The van der Waals surface area contributed by atoms with Crippen LogP contribution in [0.25, 0.3) is 0 Å². The molecular weight excluding hydrogens is 238 g/mol. The summed E-state index contributed by atoms with van der Waals surface area (Å²) in [7, 11) is 2.90. The molecule has 0 unspecified atom stereocenters. The summed E-state index contributed by atoms with van der Waals surface area (Å²) in [6.07, 6.45) is 3.29. The van der Waals surface area contributed by atoms with Crippen molar-refractivity contribution in [1.29, 1.82) is 0 Å². The van der Waals surface area contributed by atoms with Crippen LogP contribution in [-0.4, -0.2) is 35.9 Å². The topological polar surface area (TPSA) is 99.6 Å². The molecule has 0 aromatic carbocycles. The molecule has 0 aliphatic rings. The van der Waals surface area contributed by atoms with E-state index in [1.54, 1.807) is 17.1 Å². The first kappa shape index (κ1) is 12.0. The summed E-state index contributed by atoms with van der Waals surface area (Å²) in [6.45, 7) is 1.01. The van der Waals surface area contributed by atoms with Crippen molar-refractivity contribution in [3.05, 3.63) is 33.2 Å². The smallest absolute Gasteiger partial charge is 0.346 e. The van der Waals surface area contributed by atoms with Gasteiger partial charge in [-0.1, -0.05) is 5.21 Å². The molecule has 0 bridgehead atoms. The highest BCUT2D eigenvalue weighted by atomic mass is 16.2. The molecule has 1 N–H and O–H groups in total. The van der Waals surface area contributed by atoms with Gasteiger partial charge in [0.2, 0.25) is 5.82 Å². The Balaban J connectivity index is 2.10. The Morgan fingerprint density at radius 3 is 2.78 bits per heavy atom. The van der Waals surface area contributed by atoms with Gasteiger partial charge < -0.3 is 5.32 Å². The monoisotopic (exact) mass is 251 g/mol. The molecule has 0 aliphatic carbocycles. The molecule has 0 saturated carbocycles.